The highest BCUT2D eigenvalue weighted by Crippen LogP contribution is 2.14. The average molecular weight is 293 g/mol. The smallest absolute Gasteiger partial charge is 0.251 e. The Morgan fingerprint density at radius 1 is 1.14 bits per heavy atom. The SMILES string of the molecule is C[C@@H](NC(=O)c1cccc(-n2cnnn2)c1)c1ccccc1. The van der Waals surface area contributed by atoms with Crippen molar-refractivity contribution in [1.82, 2.24) is 25.5 Å². The first-order valence-corrected chi connectivity index (χ1v) is 6.93. The van der Waals surface area contributed by atoms with Crippen molar-refractivity contribution < 1.29 is 4.79 Å². The number of hydrogen-bond donors (Lipinski definition) is 1. The summed E-state index contributed by atoms with van der Waals surface area (Å²) in [6.07, 6.45) is 1.49. The first kappa shape index (κ1) is 13.9. The number of aromatic nitrogens is 4. The van der Waals surface area contributed by atoms with E-state index in [4.69, 9.17) is 0 Å². The van der Waals surface area contributed by atoms with Gasteiger partial charge in [0.25, 0.3) is 5.91 Å². The third-order valence-corrected chi connectivity index (χ3v) is 3.37. The summed E-state index contributed by atoms with van der Waals surface area (Å²) in [5.74, 6) is -0.133. The summed E-state index contributed by atoms with van der Waals surface area (Å²) >= 11 is 0. The molecule has 3 aromatic rings. The third kappa shape index (κ3) is 3.01. The van der Waals surface area contributed by atoms with Gasteiger partial charge in [-0.2, -0.15) is 0 Å². The predicted molar refractivity (Wildman–Crippen MR) is 81.5 cm³/mol. The van der Waals surface area contributed by atoms with Crippen molar-refractivity contribution in [2.75, 3.05) is 0 Å². The summed E-state index contributed by atoms with van der Waals surface area (Å²) in [5.41, 5.74) is 2.37. The number of carbonyl (C=O) groups excluding carboxylic acids is 1. The van der Waals surface area contributed by atoms with Gasteiger partial charge in [-0.3, -0.25) is 4.79 Å². The molecule has 1 atom stereocenters. The maximum Gasteiger partial charge on any atom is 0.251 e. The Morgan fingerprint density at radius 2 is 1.95 bits per heavy atom. The molecule has 0 unspecified atom stereocenters. The van der Waals surface area contributed by atoms with Crippen LogP contribution in [0, 0.1) is 0 Å². The second-order valence-corrected chi connectivity index (χ2v) is 4.91. The first-order chi connectivity index (χ1) is 10.7. The maximum atomic E-state index is 12.4. The van der Waals surface area contributed by atoms with Crippen LogP contribution in [0.15, 0.2) is 60.9 Å². The predicted octanol–water partition coefficient (Wildman–Crippen LogP) is 2.15. The average Bonchev–Trinajstić information content (AvgIpc) is 3.10. The Bertz CT molecular complexity index is 755. The van der Waals surface area contributed by atoms with Gasteiger partial charge in [0.1, 0.15) is 6.33 Å². The second-order valence-electron chi connectivity index (χ2n) is 4.91. The Kier molecular flexibility index (Phi) is 3.91. The fraction of sp³-hybridized carbons (Fsp3) is 0.125. The summed E-state index contributed by atoms with van der Waals surface area (Å²) in [6.45, 7) is 1.96. The minimum atomic E-state index is -0.133. The molecule has 6 nitrogen and oxygen atoms in total. The molecule has 0 fully saturated rings. The van der Waals surface area contributed by atoms with E-state index in [1.807, 2.05) is 43.3 Å². The Hall–Kier alpha value is -3.02. The lowest BCUT2D eigenvalue weighted by Gasteiger charge is -2.14. The van der Waals surface area contributed by atoms with Gasteiger partial charge in [-0.25, -0.2) is 4.68 Å². The van der Waals surface area contributed by atoms with Crippen molar-refractivity contribution in [3.05, 3.63) is 72.1 Å². The van der Waals surface area contributed by atoms with Crippen LogP contribution in [0.1, 0.15) is 28.9 Å². The molecule has 0 aliphatic carbocycles. The lowest BCUT2D eigenvalue weighted by Crippen LogP contribution is -2.26. The fourth-order valence-corrected chi connectivity index (χ4v) is 2.17. The third-order valence-electron chi connectivity index (χ3n) is 3.37. The number of benzene rings is 2. The van der Waals surface area contributed by atoms with Crippen LogP contribution in [-0.4, -0.2) is 26.1 Å². The zero-order chi connectivity index (χ0) is 15.4. The summed E-state index contributed by atoms with van der Waals surface area (Å²) in [6, 6.07) is 16.9. The Balaban J connectivity index is 1.77. The van der Waals surface area contributed by atoms with Crippen LogP contribution in [0.3, 0.4) is 0 Å². The molecule has 0 spiro atoms. The lowest BCUT2D eigenvalue weighted by atomic mass is 10.1. The van der Waals surface area contributed by atoms with Gasteiger partial charge in [-0.05, 0) is 41.1 Å². The van der Waals surface area contributed by atoms with Gasteiger partial charge < -0.3 is 5.32 Å². The van der Waals surface area contributed by atoms with Crippen LogP contribution in [0.25, 0.3) is 5.69 Å². The van der Waals surface area contributed by atoms with Crippen LogP contribution in [0.2, 0.25) is 0 Å². The molecule has 1 N–H and O–H groups in total. The van der Waals surface area contributed by atoms with E-state index in [0.717, 1.165) is 11.3 Å². The summed E-state index contributed by atoms with van der Waals surface area (Å²) in [7, 11) is 0. The van der Waals surface area contributed by atoms with Crippen molar-refractivity contribution >= 4 is 5.91 Å². The number of nitrogens with one attached hydrogen (secondary N) is 1. The molecule has 0 aliphatic rings. The van der Waals surface area contributed by atoms with Gasteiger partial charge in [0, 0.05) is 5.56 Å². The normalized spacial score (nSPS) is 11.9. The summed E-state index contributed by atoms with van der Waals surface area (Å²) < 4.78 is 1.51. The van der Waals surface area contributed by atoms with Gasteiger partial charge in [0.15, 0.2) is 0 Å². The number of nitrogens with zero attached hydrogens (tertiary/aromatic N) is 4. The Morgan fingerprint density at radius 3 is 2.68 bits per heavy atom. The molecule has 1 heterocycles. The number of hydrogen-bond acceptors (Lipinski definition) is 4. The van der Waals surface area contributed by atoms with Crippen molar-refractivity contribution in [3.8, 4) is 5.69 Å². The monoisotopic (exact) mass is 293 g/mol. The zero-order valence-corrected chi connectivity index (χ0v) is 12.0. The van der Waals surface area contributed by atoms with E-state index in [1.165, 1.54) is 11.0 Å². The molecule has 3 rings (SSSR count). The van der Waals surface area contributed by atoms with Crippen molar-refractivity contribution in [2.45, 2.75) is 13.0 Å². The van der Waals surface area contributed by atoms with E-state index in [2.05, 4.69) is 20.8 Å². The quantitative estimate of drug-likeness (QED) is 0.800. The fourth-order valence-electron chi connectivity index (χ4n) is 2.17. The van der Waals surface area contributed by atoms with Gasteiger partial charge in [0.05, 0.1) is 11.7 Å². The van der Waals surface area contributed by atoms with Crippen LogP contribution >= 0.6 is 0 Å². The number of rotatable bonds is 4. The van der Waals surface area contributed by atoms with E-state index >= 15 is 0 Å². The number of tetrazole rings is 1. The standard InChI is InChI=1S/C16H15N5O/c1-12(13-6-3-2-4-7-13)18-16(22)14-8-5-9-15(10-14)21-11-17-19-20-21/h2-12H,1H3,(H,18,22)/t12-/m1/s1. The van der Waals surface area contributed by atoms with Crippen LogP contribution in [-0.2, 0) is 0 Å². The largest absolute Gasteiger partial charge is 0.346 e. The molecule has 1 aromatic heterocycles. The highest BCUT2D eigenvalue weighted by molar-refractivity contribution is 5.94. The van der Waals surface area contributed by atoms with E-state index in [9.17, 15) is 4.79 Å². The van der Waals surface area contributed by atoms with E-state index in [1.54, 1.807) is 18.2 Å². The van der Waals surface area contributed by atoms with Gasteiger partial charge >= 0.3 is 0 Å². The molecule has 1 amide bonds. The minimum Gasteiger partial charge on any atom is -0.346 e. The lowest BCUT2D eigenvalue weighted by molar-refractivity contribution is 0.0940. The van der Waals surface area contributed by atoms with Gasteiger partial charge in [0.2, 0.25) is 0 Å². The minimum absolute atomic E-state index is 0.0645. The second kappa shape index (κ2) is 6.17. The Labute approximate surface area is 127 Å². The zero-order valence-electron chi connectivity index (χ0n) is 12.0. The topological polar surface area (TPSA) is 72.7 Å². The highest BCUT2D eigenvalue weighted by Gasteiger charge is 2.12. The van der Waals surface area contributed by atoms with Crippen LogP contribution < -0.4 is 5.32 Å². The number of carbonyl (C=O) groups is 1. The van der Waals surface area contributed by atoms with Crippen LogP contribution in [0.4, 0.5) is 0 Å². The summed E-state index contributed by atoms with van der Waals surface area (Å²) in [4.78, 5) is 12.4. The molecular formula is C16H15N5O. The van der Waals surface area contributed by atoms with Crippen molar-refractivity contribution in [1.29, 1.82) is 0 Å². The number of amides is 1. The molecule has 0 radical (unpaired) electrons. The first-order valence-electron chi connectivity index (χ1n) is 6.93. The van der Waals surface area contributed by atoms with Crippen molar-refractivity contribution in [2.24, 2.45) is 0 Å². The molecule has 22 heavy (non-hydrogen) atoms. The molecule has 110 valence electrons. The van der Waals surface area contributed by atoms with Crippen LogP contribution in [0.5, 0.6) is 0 Å². The summed E-state index contributed by atoms with van der Waals surface area (Å²) in [5, 5.41) is 14.0. The highest BCUT2D eigenvalue weighted by atomic mass is 16.1. The molecule has 2 aromatic carbocycles. The van der Waals surface area contributed by atoms with Crippen molar-refractivity contribution in [3.63, 3.8) is 0 Å². The van der Waals surface area contributed by atoms with Gasteiger partial charge in [-0.15, -0.1) is 5.10 Å². The molecule has 0 saturated carbocycles. The van der Waals surface area contributed by atoms with E-state index in [0.29, 0.717) is 5.56 Å². The molecule has 0 aliphatic heterocycles. The molecule has 0 bridgehead atoms. The van der Waals surface area contributed by atoms with E-state index < -0.39 is 0 Å². The maximum absolute atomic E-state index is 12.4. The molecular weight excluding hydrogens is 278 g/mol. The van der Waals surface area contributed by atoms with E-state index in [-0.39, 0.29) is 11.9 Å². The molecule has 6 heteroatoms. The van der Waals surface area contributed by atoms with Gasteiger partial charge in [-0.1, -0.05) is 36.4 Å². The molecule has 0 saturated heterocycles.